The highest BCUT2D eigenvalue weighted by atomic mass is 35.5. The molecule has 1 saturated heterocycles. The Hall–Kier alpha value is -5.77. The summed E-state index contributed by atoms with van der Waals surface area (Å²) in [5.41, 5.74) is 9.70. The Balaban J connectivity index is 1.19. The summed E-state index contributed by atoms with van der Waals surface area (Å²) in [6, 6.07) is 19.5. The number of halogens is 1. The van der Waals surface area contributed by atoms with Gasteiger partial charge in [-0.2, -0.15) is 5.10 Å². The van der Waals surface area contributed by atoms with Gasteiger partial charge in [-0.1, -0.05) is 41.6 Å². The fourth-order valence-electron chi connectivity index (χ4n) is 6.64. The number of phenols is 1. The van der Waals surface area contributed by atoms with Gasteiger partial charge in [0.05, 0.1) is 28.8 Å². The molecule has 3 aromatic heterocycles. The van der Waals surface area contributed by atoms with Crippen molar-refractivity contribution in [2.24, 2.45) is 0 Å². The van der Waals surface area contributed by atoms with E-state index in [1.54, 1.807) is 41.1 Å². The number of phenolic OH excluding ortho intramolecular Hbond substituents is 1. The smallest absolute Gasteiger partial charge is 0.260 e. The van der Waals surface area contributed by atoms with Crippen LogP contribution in [0.3, 0.4) is 0 Å². The lowest BCUT2D eigenvalue weighted by Crippen LogP contribution is -2.34. The molecule has 0 radical (unpaired) electrons. The minimum atomic E-state index is -0.500. The van der Waals surface area contributed by atoms with Crippen LogP contribution in [0, 0.1) is 11.8 Å². The fourth-order valence-corrected chi connectivity index (χ4v) is 6.84. The van der Waals surface area contributed by atoms with E-state index < -0.39 is 5.92 Å². The zero-order valence-corrected chi connectivity index (χ0v) is 29.5. The molecule has 0 aliphatic carbocycles. The number of H-pyrrole nitrogens is 1. The lowest BCUT2D eigenvalue weighted by molar-refractivity contribution is -0.131. The maximum Gasteiger partial charge on any atom is 0.260 e. The summed E-state index contributed by atoms with van der Waals surface area (Å²) < 4.78 is 1.73. The number of benzene rings is 3. The van der Waals surface area contributed by atoms with E-state index >= 15 is 0 Å². The van der Waals surface area contributed by atoms with Gasteiger partial charge < -0.3 is 25.6 Å². The van der Waals surface area contributed by atoms with Crippen molar-refractivity contribution < 1.29 is 9.90 Å². The molecule has 1 aliphatic rings. The third-order valence-electron chi connectivity index (χ3n) is 9.38. The number of hydrogen-bond acceptors (Lipinski definition) is 9. The Morgan fingerprint density at radius 3 is 2.69 bits per heavy atom. The van der Waals surface area contributed by atoms with E-state index in [1.807, 2.05) is 35.2 Å². The van der Waals surface area contributed by atoms with Gasteiger partial charge in [0.25, 0.3) is 5.56 Å². The van der Waals surface area contributed by atoms with E-state index in [4.69, 9.17) is 27.4 Å². The highest BCUT2D eigenvalue weighted by Gasteiger charge is 2.25. The van der Waals surface area contributed by atoms with Crippen LogP contribution < -0.4 is 11.3 Å². The van der Waals surface area contributed by atoms with Gasteiger partial charge >= 0.3 is 0 Å². The lowest BCUT2D eigenvalue weighted by Gasteiger charge is -2.20. The maximum atomic E-state index is 13.8. The van der Waals surface area contributed by atoms with Crippen molar-refractivity contribution in [1.82, 2.24) is 39.5 Å². The van der Waals surface area contributed by atoms with Gasteiger partial charge in [-0.3, -0.25) is 9.59 Å². The summed E-state index contributed by atoms with van der Waals surface area (Å²) in [5, 5.41) is 16.3. The zero-order valence-electron chi connectivity index (χ0n) is 28.7. The molecular formula is C39H38ClN9O3. The van der Waals surface area contributed by atoms with Crippen LogP contribution in [0.2, 0.25) is 5.02 Å². The molecule has 4 N–H and O–H groups in total. The summed E-state index contributed by atoms with van der Waals surface area (Å²) in [6.45, 7) is 3.68. The van der Waals surface area contributed by atoms with E-state index in [-0.39, 0.29) is 29.6 Å². The molecular weight excluding hydrogens is 678 g/mol. The first kappa shape index (κ1) is 34.7. The predicted molar refractivity (Wildman–Crippen MR) is 202 cm³/mol. The number of rotatable bonds is 8. The van der Waals surface area contributed by atoms with Crippen molar-refractivity contribution in [2.45, 2.75) is 38.1 Å². The van der Waals surface area contributed by atoms with E-state index in [0.29, 0.717) is 63.3 Å². The number of aromatic amines is 1. The van der Waals surface area contributed by atoms with Gasteiger partial charge in [0.2, 0.25) is 5.91 Å². The van der Waals surface area contributed by atoms with Crippen LogP contribution in [-0.4, -0.2) is 83.8 Å². The number of aromatic hydroxyl groups is 1. The van der Waals surface area contributed by atoms with E-state index in [1.165, 1.54) is 6.33 Å². The third kappa shape index (κ3) is 7.46. The van der Waals surface area contributed by atoms with Gasteiger partial charge in [-0.05, 0) is 80.5 Å². The van der Waals surface area contributed by atoms with Gasteiger partial charge in [0.15, 0.2) is 5.65 Å². The Morgan fingerprint density at radius 2 is 1.87 bits per heavy atom. The van der Waals surface area contributed by atoms with E-state index in [2.05, 4.69) is 38.7 Å². The molecule has 1 atom stereocenters. The van der Waals surface area contributed by atoms with E-state index in [0.717, 1.165) is 43.7 Å². The SMILES string of the molecule is CN1CCCN(C(=O)CCCC#Cc2cccc3nc(C(Cn4nc(-c5ccc(O)cc5)c5c(N)ncnc54)c4cccc(Cl)c4)[nH]c(=O)c23)CC1. The largest absolute Gasteiger partial charge is 0.508 e. The Morgan fingerprint density at radius 1 is 1.04 bits per heavy atom. The molecule has 0 saturated carbocycles. The molecule has 12 nitrogen and oxygen atoms in total. The number of hydrogen-bond donors (Lipinski definition) is 3. The van der Waals surface area contributed by atoms with Crippen molar-refractivity contribution in [3.8, 4) is 28.8 Å². The standard InChI is InChI=1S/C39H38ClN9O3/c1-47-18-7-19-48(21-20-47)32(51)13-4-2-3-8-25-9-6-12-31-33(25)39(52)45-37(44-31)30(27-10-5-11-28(40)22-27)23-49-38-34(36(41)42-24-43-38)35(46-49)26-14-16-29(50)17-15-26/h5-6,9-12,14-17,22,24,30,50H,2,4,7,13,18-21,23H2,1H3,(H2,41,42,43)(H,44,45,52). The number of nitrogens with one attached hydrogen (secondary N) is 1. The van der Waals surface area contributed by atoms with Gasteiger partial charge in [-0.25, -0.2) is 19.6 Å². The number of nitrogens with two attached hydrogens (primary N) is 1. The molecule has 7 rings (SSSR count). The second kappa shape index (κ2) is 15.2. The van der Waals surface area contributed by atoms with Crippen molar-refractivity contribution in [1.29, 1.82) is 0 Å². The monoisotopic (exact) mass is 715 g/mol. The summed E-state index contributed by atoms with van der Waals surface area (Å²) in [7, 11) is 2.08. The van der Waals surface area contributed by atoms with Crippen LogP contribution in [0.15, 0.2) is 77.9 Å². The molecule has 264 valence electrons. The van der Waals surface area contributed by atoms with Crippen molar-refractivity contribution >= 4 is 45.3 Å². The highest BCUT2D eigenvalue weighted by Crippen LogP contribution is 2.34. The molecule has 4 heterocycles. The number of carbonyl (C=O) groups excluding carboxylic acids is 1. The van der Waals surface area contributed by atoms with Gasteiger partial charge in [-0.15, -0.1) is 0 Å². The number of nitrogens with zero attached hydrogens (tertiary/aromatic N) is 7. The molecule has 1 unspecified atom stereocenters. The van der Waals surface area contributed by atoms with Crippen LogP contribution in [0.5, 0.6) is 5.75 Å². The van der Waals surface area contributed by atoms with Crippen LogP contribution in [-0.2, 0) is 11.3 Å². The van der Waals surface area contributed by atoms with Gasteiger partial charge in [0.1, 0.15) is 29.4 Å². The first-order valence-corrected chi connectivity index (χ1v) is 17.6. The second-order valence-corrected chi connectivity index (χ2v) is 13.4. The molecule has 13 heteroatoms. The third-order valence-corrected chi connectivity index (χ3v) is 9.61. The zero-order chi connectivity index (χ0) is 36.2. The number of amides is 1. The lowest BCUT2D eigenvalue weighted by atomic mass is 9.97. The number of aromatic nitrogens is 6. The second-order valence-electron chi connectivity index (χ2n) is 13.0. The molecule has 0 spiro atoms. The normalized spacial score (nSPS) is 14.2. The number of nitrogen functional groups attached to an aromatic ring is 1. The van der Waals surface area contributed by atoms with Crippen molar-refractivity contribution in [3.63, 3.8) is 0 Å². The van der Waals surface area contributed by atoms with Crippen LogP contribution in [0.25, 0.3) is 33.2 Å². The molecule has 3 aromatic carbocycles. The summed E-state index contributed by atoms with van der Waals surface area (Å²) in [6.07, 6.45) is 4.00. The summed E-state index contributed by atoms with van der Waals surface area (Å²) in [4.78, 5) is 47.5. The minimum Gasteiger partial charge on any atom is -0.508 e. The maximum absolute atomic E-state index is 13.8. The summed E-state index contributed by atoms with van der Waals surface area (Å²) >= 11 is 6.47. The quantitative estimate of drug-likeness (QED) is 0.142. The molecule has 1 amide bonds. The van der Waals surface area contributed by atoms with Crippen LogP contribution in [0.4, 0.5) is 5.82 Å². The van der Waals surface area contributed by atoms with E-state index in [9.17, 15) is 14.7 Å². The first-order chi connectivity index (χ1) is 25.2. The number of carbonyl (C=O) groups is 1. The molecule has 6 aromatic rings. The highest BCUT2D eigenvalue weighted by molar-refractivity contribution is 6.30. The molecule has 52 heavy (non-hydrogen) atoms. The first-order valence-electron chi connectivity index (χ1n) is 17.2. The molecule has 0 bridgehead atoms. The topological polar surface area (TPSA) is 159 Å². The Labute approximate surface area is 305 Å². The van der Waals surface area contributed by atoms with Crippen molar-refractivity contribution in [3.05, 3.63) is 105 Å². The number of unbranched alkanes of at least 4 members (excludes halogenated alkanes) is 1. The van der Waals surface area contributed by atoms with Gasteiger partial charge in [0, 0.05) is 48.6 Å². The average Bonchev–Trinajstić information content (AvgIpc) is 3.36. The van der Waals surface area contributed by atoms with Crippen LogP contribution in [0.1, 0.15) is 48.6 Å². The molecule has 1 fully saturated rings. The minimum absolute atomic E-state index is 0.127. The average molecular weight is 716 g/mol. The number of anilines is 1. The van der Waals surface area contributed by atoms with Crippen LogP contribution >= 0.6 is 11.6 Å². The number of likely N-dealkylation sites (N-methyl/N-ethyl adjacent to an activating group) is 1. The summed E-state index contributed by atoms with van der Waals surface area (Å²) in [5.74, 6) is 6.80. The Kier molecular flexibility index (Phi) is 10.2. The molecule has 1 aliphatic heterocycles. The van der Waals surface area contributed by atoms with Crippen molar-refractivity contribution in [2.75, 3.05) is 39.0 Å². The fraction of sp³-hybridized carbons (Fsp3) is 0.282. The Bertz CT molecular complexity index is 2380. The number of fused-ring (bicyclic) bond motifs is 2. The predicted octanol–water partition coefficient (Wildman–Crippen LogP) is 5.19.